The Labute approximate surface area is 125 Å². The summed E-state index contributed by atoms with van der Waals surface area (Å²) in [6, 6.07) is 12.7. The molecule has 6 heteroatoms. The van der Waals surface area contributed by atoms with E-state index in [9.17, 15) is 18.0 Å². The van der Waals surface area contributed by atoms with Crippen LogP contribution in [0, 0.1) is 11.3 Å². The van der Waals surface area contributed by atoms with Gasteiger partial charge in [0, 0.05) is 12.1 Å². The smallest absolute Gasteiger partial charge is 0.348 e. The van der Waals surface area contributed by atoms with Gasteiger partial charge < -0.3 is 5.32 Å². The Morgan fingerprint density at radius 1 is 1.14 bits per heavy atom. The SMILES string of the molecule is N#Cc1cccc(C(=O)NCc2cccc(C(F)(F)F)c2)c1. The van der Waals surface area contributed by atoms with Crippen LogP contribution in [0.25, 0.3) is 0 Å². The molecule has 0 radical (unpaired) electrons. The first-order valence-electron chi connectivity index (χ1n) is 6.34. The number of nitriles is 1. The molecule has 3 nitrogen and oxygen atoms in total. The van der Waals surface area contributed by atoms with Crippen molar-refractivity contribution in [2.24, 2.45) is 0 Å². The van der Waals surface area contributed by atoms with Crippen molar-refractivity contribution in [1.29, 1.82) is 5.26 Å². The monoisotopic (exact) mass is 304 g/mol. The van der Waals surface area contributed by atoms with Crippen LogP contribution in [0.2, 0.25) is 0 Å². The summed E-state index contributed by atoms with van der Waals surface area (Å²) in [5, 5.41) is 11.3. The van der Waals surface area contributed by atoms with Crippen molar-refractivity contribution in [3.05, 3.63) is 70.8 Å². The van der Waals surface area contributed by atoms with Crippen LogP contribution >= 0.6 is 0 Å². The van der Waals surface area contributed by atoms with Gasteiger partial charge in [0.1, 0.15) is 0 Å². The number of rotatable bonds is 3. The van der Waals surface area contributed by atoms with Gasteiger partial charge in [0.25, 0.3) is 5.91 Å². The molecule has 0 fully saturated rings. The zero-order valence-electron chi connectivity index (χ0n) is 11.3. The number of carbonyl (C=O) groups is 1. The summed E-state index contributed by atoms with van der Waals surface area (Å²) < 4.78 is 37.8. The Morgan fingerprint density at radius 2 is 1.86 bits per heavy atom. The highest BCUT2D eigenvalue weighted by molar-refractivity contribution is 5.94. The number of benzene rings is 2. The second-order valence-corrected chi connectivity index (χ2v) is 4.57. The lowest BCUT2D eigenvalue weighted by Gasteiger charge is -2.09. The number of nitrogens with zero attached hydrogens (tertiary/aromatic N) is 1. The van der Waals surface area contributed by atoms with E-state index in [0.29, 0.717) is 11.1 Å². The minimum atomic E-state index is -4.42. The standard InChI is InChI=1S/C16H11F3N2O/c17-16(18,19)14-6-2-4-12(8-14)10-21-15(22)13-5-1-3-11(7-13)9-20/h1-8H,10H2,(H,21,22). The van der Waals surface area contributed by atoms with Gasteiger partial charge in [0.15, 0.2) is 0 Å². The molecular formula is C16H11F3N2O. The number of hydrogen-bond donors (Lipinski definition) is 1. The first-order chi connectivity index (χ1) is 10.4. The van der Waals surface area contributed by atoms with Gasteiger partial charge in [0.2, 0.25) is 0 Å². The van der Waals surface area contributed by atoms with Crippen LogP contribution in [-0.2, 0) is 12.7 Å². The molecule has 1 amide bonds. The lowest BCUT2D eigenvalue weighted by atomic mass is 10.1. The molecule has 0 aliphatic carbocycles. The number of halogens is 3. The molecule has 0 unspecified atom stereocenters. The Balaban J connectivity index is 2.07. The largest absolute Gasteiger partial charge is 0.416 e. The van der Waals surface area contributed by atoms with Crippen LogP contribution in [0.4, 0.5) is 13.2 Å². The Kier molecular flexibility index (Phi) is 4.47. The molecule has 112 valence electrons. The summed E-state index contributed by atoms with van der Waals surface area (Å²) >= 11 is 0. The van der Waals surface area contributed by atoms with Crippen LogP contribution in [0.3, 0.4) is 0 Å². The molecule has 0 aliphatic heterocycles. The number of hydrogen-bond acceptors (Lipinski definition) is 2. The second-order valence-electron chi connectivity index (χ2n) is 4.57. The molecule has 0 bridgehead atoms. The summed E-state index contributed by atoms with van der Waals surface area (Å²) in [6.07, 6.45) is -4.42. The molecule has 0 heterocycles. The van der Waals surface area contributed by atoms with Crippen LogP contribution < -0.4 is 5.32 Å². The molecule has 0 spiro atoms. The minimum Gasteiger partial charge on any atom is -0.348 e. The van der Waals surface area contributed by atoms with E-state index in [2.05, 4.69) is 5.32 Å². The van der Waals surface area contributed by atoms with Gasteiger partial charge in [-0.25, -0.2) is 0 Å². The summed E-state index contributed by atoms with van der Waals surface area (Å²) in [4.78, 5) is 11.9. The summed E-state index contributed by atoms with van der Waals surface area (Å²) in [7, 11) is 0. The maximum atomic E-state index is 12.6. The first kappa shape index (κ1) is 15.6. The maximum absolute atomic E-state index is 12.6. The van der Waals surface area contributed by atoms with Gasteiger partial charge in [-0.15, -0.1) is 0 Å². The van der Waals surface area contributed by atoms with Crippen molar-refractivity contribution < 1.29 is 18.0 Å². The van der Waals surface area contributed by atoms with E-state index in [1.54, 1.807) is 12.1 Å². The first-order valence-corrected chi connectivity index (χ1v) is 6.34. The van der Waals surface area contributed by atoms with E-state index in [1.165, 1.54) is 24.3 Å². The number of alkyl halides is 3. The third-order valence-electron chi connectivity index (χ3n) is 2.96. The van der Waals surface area contributed by atoms with Gasteiger partial charge in [0.05, 0.1) is 17.2 Å². The van der Waals surface area contributed by atoms with Gasteiger partial charge in [-0.3, -0.25) is 4.79 Å². The molecular weight excluding hydrogens is 293 g/mol. The Hall–Kier alpha value is -2.81. The molecule has 0 aromatic heterocycles. The average molecular weight is 304 g/mol. The number of amides is 1. The molecule has 0 atom stereocenters. The maximum Gasteiger partial charge on any atom is 0.416 e. The van der Waals surface area contributed by atoms with Gasteiger partial charge >= 0.3 is 6.18 Å². The molecule has 0 saturated heterocycles. The van der Waals surface area contributed by atoms with Crippen molar-refractivity contribution in [3.8, 4) is 6.07 Å². The average Bonchev–Trinajstić information content (AvgIpc) is 2.52. The third kappa shape index (κ3) is 3.85. The van der Waals surface area contributed by atoms with Gasteiger partial charge in [-0.2, -0.15) is 18.4 Å². The normalized spacial score (nSPS) is 10.8. The third-order valence-corrected chi connectivity index (χ3v) is 2.96. The van der Waals surface area contributed by atoms with E-state index in [0.717, 1.165) is 12.1 Å². The minimum absolute atomic E-state index is 0.0282. The quantitative estimate of drug-likeness (QED) is 0.943. The van der Waals surface area contributed by atoms with E-state index >= 15 is 0 Å². The zero-order chi connectivity index (χ0) is 16.2. The van der Waals surface area contributed by atoms with Crippen molar-refractivity contribution in [3.63, 3.8) is 0 Å². The van der Waals surface area contributed by atoms with E-state index in [-0.39, 0.29) is 12.1 Å². The molecule has 0 aliphatic rings. The fourth-order valence-electron chi connectivity index (χ4n) is 1.87. The van der Waals surface area contributed by atoms with Crippen molar-refractivity contribution >= 4 is 5.91 Å². The van der Waals surface area contributed by atoms with Crippen LogP contribution in [0.5, 0.6) is 0 Å². The summed E-state index contributed by atoms with van der Waals surface area (Å²) in [6.45, 7) is -0.0282. The predicted molar refractivity (Wildman–Crippen MR) is 73.8 cm³/mol. The van der Waals surface area contributed by atoms with Crippen LogP contribution in [0.15, 0.2) is 48.5 Å². The Bertz CT molecular complexity index is 733. The van der Waals surface area contributed by atoms with E-state index in [4.69, 9.17) is 5.26 Å². The van der Waals surface area contributed by atoms with Crippen molar-refractivity contribution in [2.45, 2.75) is 12.7 Å². The van der Waals surface area contributed by atoms with Crippen molar-refractivity contribution in [2.75, 3.05) is 0 Å². The van der Waals surface area contributed by atoms with Gasteiger partial charge in [-0.05, 0) is 35.9 Å². The highest BCUT2D eigenvalue weighted by Crippen LogP contribution is 2.29. The number of carbonyl (C=O) groups excluding carboxylic acids is 1. The highest BCUT2D eigenvalue weighted by Gasteiger charge is 2.30. The zero-order valence-corrected chi connectivity index (χ0v) is 11.3. The molecule has 1 N–H and O–H groups in total. The lowest BCUT2D eigenvalue weighted by Crippen LogP contribution is -2.23. The summed E-state index contributed by atoms with van der Waals surface area (Å²) in [5.41, 5.74) is 0.211. The number of nitrogens with one attached hydrogen (secondary N) is 1. The van der Waals surface area contributed by atoms with Gasteiger partial charge in [-0.1, -0.05) is 18.2 Å². The topological polar surface area (TPSA) is 52.9 Å². The fraction of sp³-hybridized carbons (Fsp3) is 0.125. The van der Waals surface area contributed by atoms with E-state index < -0.39 is 17.6 Å². The lowest BCUT2D eigenvalue weighted by molar-refractivity contribution is -0.137. The molecule has 2 aromatic rings. The fourth-order valence-corrected chi connectivity index (χ4v) is 1.87. The summed E-state index contributed by atoms with van der Waals surface area (Å²) in [5.74, 6) is -0.450. The second kappa shape index (κ2) is 6.31. The predicted octanol–water partition coefficient (Wildman–Crippen LogP) is 3.51. The highest BCUT2D eigenvalue weighted by atomic mass is 19.4. The van der Waals surface area contributed by atoms with Crippen molar-refractivity contribution in [1.82, 2.24) is 5.32 Å². The van der Waals surface area contributed by atoms with E-state index in [1.807, 2.05) is 6.07 Å². The molecule has 2 aromatic carbocycles. The van der Waals surface area contributed by atoms with Crippen LogP contribution in [-0.4, -0.2) is 5.91 Å². The molecule has 0 saturated carbocycles. The van der Waals surface area contributed by atoms with Crippen LogP contribution in [0.1, 0.15) is 27.0 Å². The molecule has 2 rings (SSSR count). The molecule has 22 heavy (non-hydrogen) atoms. The Morgan fingerprint density at radius 3 is 2.55 bits per heavy atom.